The molecule has 120 valence electrons. The first kappa shape index (κ1) is 15.0. The minimum Gasteiger partial charge on any atom is -0.482 e. The minimum atomic E-state index is -0.800. The summed E-state index contributed by atoms with van der Waals surface area (Å²) in [6.07, 6.45) is 1.81. The predicted octanol–water partition coefficient (Wildman–Crippen LogP) is 0.136. The molecular formula is C15H16N4O4. The van der Waals surface area contributed by atoms with Crippen LogP contribution in [0.5, 0.6) is 5.75 Å². The Balaban J connectivity index is 1.66. The van der Waals surface area contributed by atoms with Gasteiger partial charge in [0.25, 0.3) is 5.91 Å². The van der Waals surface area contributed by atoms with Crippen molar-refractivity contribution in [2.75, 3.05) is 11.9 Å². The van der Waals surface area contributed by atoms with Crippen LogP contribution in [-0.2, 0) is 14.4 Å². The number of carbonyl (C=O) groups excluding carboxylic acids is 3. The molecule has 1 aromatic rings. The second kappa shape index (κ2) is 6.07. The SMILES string of the molecule is C/C(=N/NC(=O)C(=O)NC1CC1)c1ccc2c(c1)NC(=O)CO2. The Bertz CT molecular complexity index is 709. The van der Waals surface area contributed by atoms with E-state index < -0.39 is 11.8 Å². The summed E-state index contributed by atoms with van der Waals surface area (Å²) in [4.78, 5) is 34.4. The van der Waals surface area contributed by atoms with E-state index in [2.05, 4.69) is 21.2 Å². The Kier molecular flexibility index (Phi) is 3.96. The van der Waals surface area contributed by atoms with Crippen LogP contribution in [0.3, 0.4) is 0 Å². The number of rotatable bonds is 3. The summed E-state index contributed by atoms with van der Waals surface area (Å²) in [7, 11) is 0. The summed E-state index contributed by atoms with van der Waals surface area (Å²) in [5.74, 6) is -1.13. The van der Waals surface area contributed by atoms with Gasteiger partial charge in [-0.3, -0.25) is 14.4 Å². The van der Waals surface area contributed by atoms with Gasteiger partial charge in [0.05, 0.1) is 11.4 Å². The first-order valence-electron chi connectivity index (χ1n) is 7.25. The molecular weight excluding hydrogens is 300 g/mol. The van der Waals surface area contributed by atoms with E-state index in [9.17, 15) is 14.4 Å². The minimum absolute atomic E-state index is 0.00835. The molecule has 8 heteroatoms. The van der Waals surface area contributed by atoms with Gasteiger partial charge in [-0.1, -0.05) is 0 Å². The van der Waals surface area contributed by atoms with Crippen molar-refractivity contribution in [1.29, 1.82) is 0 Å². The number of benzene rings is 1. The molecule has 0 radical (unpaired) electrons. The highest BCUT2D eigenvalue weighted by molar-refractivity contribution is 6.35. The molecule has 3 rings (SSSR count). The Morgan fingerprint density at radius 3 is 2.83 bits per heavy atom. The molecule has 0 unspecified atom stereocenters. The molecule has 8 nitrogen and oxygen atoms in total. The van der Waals surface area contributed by atoms with E-state index >= 15 is 0 Å². The number of anilines is 1. The number of amides is 3. The van der Waals surface area contributed by atoms with Gasteiger partial charge in [0.2, 0.25) is 0 Å². The van der Waals surface area contributed by atoms with Crippen molar-refractivity contribution in [3.63, 3.8) is 0 Å². The zero-order valence-corrected chi connectivity index (χ0v) is 12.5. The van der Waals surface area contributed by atoms with E-state index in [-0.39, 0.29) is 18.6 Å². The molecule has 1 aromatic carbocycles. The second-order valence-electron chi connectivity index (χ2n) is 5.43. The molecule has 0 bridgehead atoms. The number of nitrogens with zero attached hydrogens (tertiary/aromatic N) is 1. The van der Waals surface area contributed by atoms with Crippen molar-refractivity contribution in [1.82, 2.24) is 10.7 Å². The molecule has 0 saturated heterocycles. The highest BCUT2D eigenvalue weighted by Crippen LogP contribution is 2.28. The fourth-order valence-corrected chi connectivity index (χ4v) is 2.04. The zero-order chi connectivity index (χ0) is 16.4. The van der Waals surface area contributed by atoms with Crippen LogP contribution >= 0.6 is 0 Å². The van der Waals surface area contributed by atoms with E-state index in [1.54, 1.807) is 25.1 Å². The summed E-state index contributed by atoms with van der Waals surface area (Å²) in [6.45, 7) is 1.68. The molecule has 1 heterocycles. The van der Waals surface area contributed by atoms with Crippen molar-refractivity contribution in [3.8, 4) is 5.75 Å². The molecule has 3 N–H and O–H groups in total. The number of nitrogens with one attached hydrogen (secondary N) is 3. The lowest BCUT2D eigenvalue weighted by molar-refractivity contribution is -0.139. The van der Waals surface area contributed by atoms with Crippen LogP contribution in [0.25, 0.3) is 0 Å². The summed E-state index contributed by atoms with van der Waals surface area (Å²) < 4.78 is 5.27. The van der Waals surface area contributed by atoms with E-state index in [0.717, 1.165) is 12.8 Å². The van der Waals surface area contributed by atoms with E-state index in [1.807, 2.05) is 0 Å². The van der Waals surface area contributed by atoms with Gasteiger partial charge in [-0.2, -0.15) is 5.10 Å². The first-order valence-corrected chi connectivity index (χ1v) is 7.25. The molecule has 3 amide bonds. The van der Waals surface area contributed by atoms with Crippen LogP contribution in [0.4, 0.5) is 5.69 Å². The number of ether oxygens (including phenoxy) is 1. The number of hydrogen-bond donors (Lipinski definition) is 3. The molecule has 2 aliphatic rings. The molecule has 1 fully saturated rings. The van der Waals surface area contributed by atoms with Gasteiger partial charge in [0, 0.05) is 6.04 Å². The Morgan fingerprint density at radius 1 is 1.30 bits per heavy atom. The maximum absolute atomic E-state index is 11.6. The topological polar surface area (TPSA) is 109 Å². The maximum Gasteiger partial charge on any atom is 0.329 e. The number of hydrazone groups is 1. The summed E-state index contributed by atoms with van der Waals surface area (Å²) in [5.41, 5.74) is 3.96. The molecule has 1 saturated carbocycles. The highest BCUT2D eigenvalue weighted by atomic mass is 16.5. The standard InChI is InChI=1S/C15H16N4O4/c1-8(18-19-15(22)14(21)16-10-3-4-10)9-2-5-12-11(6-9)17-13(20)7-23-12/h2,5-6,10H,3-4,7H2,1H3,(H,16,21)(H,17,20)(H,19,22)/b18-8-. The summed E-state index contributed by atoms with van der Waals surface area (Å²) in [5, 5.41) is 9.19. The van der Waals surface area contributed by atoms with Gasteiger partial charge in [0.1, 0.15) is 5.75 Å². The van der Waals surface area contributed by atoms with Crippen LogP contribution in [0.1, 0.15) is 25.3 Å². The van der Waals surface area contributed by atoms with Crippen molar-refractivity contribution in [2.45, 2.75) is 25.8 Å². The lowest BCUT2D eigenvalue weighted by Gasteiger charge is -2.18. The van der Waals surface area contributed by atoms with Crippen LogP contribution in [0.15, 0.2) is 23.3 Å². The number of carbonyl (C=O) groups is 3. The monoisotopic (exact) mass is 316 g/mol. The second-order valence-corrected chi connectivity index (χ2v) is 5.43. The molecule has 1 aliphatic heterocycles. The lowest BCUT2D eigenvalue weighted by Crippen LogP contribution is -2.39. The highest BCUT2D eigenvalue weighted by Gasteiger charge is 2.26. The van der Waals surface area contributed by atoms with Gasteiger partial charge in [-0.25, -0.2) is 5.43 Å². The largest absolute Gasteiger partial charge is 0.482 e. The quantitative estimate of drug-likeness (QED) is 0.418. The fraction of sp³-hybridized carbons (Fsp3) is 0.333. The van der Waals surface area contributed by atoms with E-state index in [0.29, 0.717) is 22.7 Å². The third kappa shape index (κ3) is 3.65. The van der Waals surface area contributed by atoms with Gasteiger partial charge in [-0.15, -0.1) is 0 Å². The Morgan fingerprint density at radius 2 is 2.09 bits per heavy atom. The maximum atomic E-state index is 11.6. The lowest BCUT2D eigenvalue weighted by atomic mass is 10.1. The molecule has 1 aliphatic carbocycles. The van der Waals surface area contributed by atoms with Crippen LogP contribution < -0.4 is 20.8 Å². The molecule has 0 aromatic heterocycles. The molecule has 0 atom stereocenters. The Labute approximate surface area is 132 Å². The molecule has 0 spiro atoms. The predicted molar refractivity (Wildman–Crippen MR) is 82.1 cm³/mol. The van der Waals surface area contributed by atoms with Crippen molar-refractivity contribution < 1.29 is 19.1 Å². The van der Waals surface area contributed by atoms with E-state index in [4.69, 9.17) is 4.74 Å². The number of fused-ring (bicyclic) bond motifs is 1. The van der Waals surface area contributed by atoms with Gasteiger partial charge >= 0.3 is 11.8 Å². The number of hydrogen-bond acceptors (Lipinski definition) is 5. The Hall–Kier alpha value is -2.90. The first-order chi connectivity index (χ1) is 11.0. The smallest absolute Gasteiger partial charge is 0.329 e. The fourth-order valence-electron chi connectivity index (χ4n) is 2.04. The van der Waals surface area contributed by atoms with Gasteiger partial charge in [0.15, 0.2) is 6.61 Å². The van der Waals surface area contributed by atoms with Gasteiger partial charge in [-0.05, 0) is 43.5 Å². The zero-order valence-electron chi connectivity index (χ0n) is 12.5. The van der Waals surface area contributed by atoms with Crippen LogP contribution in [-0.4, -0.2) is 36.1 Å². The van der Waals surface area contributed by atoms with E-state index in [1.165, 1.54) is 0 Å². The normalized spacial score (nSPS) is 16.7. The van der Waals surface area contributed by atoms with Crippen molar-refractivity contribution >= 4 is 29.1 Å². The average molecular weight is 316 g/mol. The average Bonchev–Trinajstić information content (AvgIpc) is 3.35. The van der Waals surface area contributed by atoms with Crippen LogP contribution in [0.2, 0.25) is 0 Å². The molecule has 23 heavy (non-hydrogen) atoms. The summed E-state index contributed by atoms with van der Waals surface area (Å²) in [6, 6.07) is 5.28. The van der Waals surface area contributed by atoms with Crippen LogP contribution in [0, 0.1) is 0 Å². The van der Waals surface area contributed by atoms with Gasteiger partial charge < -0.3 is 15.4 Å². The van der Waals surface area contributed by atoms with Crippen molar-refractivity contribution in [3.05, 3.63) is 23.8 Å². The van der Waals surface area contributed by atoms with Crippen molar-refractivity contribution in [2.24, 2.45) is 5.10 Å². The summed E-state index contributed by atoms with van der Waals surface area (Å²) >= 11 is 0. The third-order valence-corrected chi connectivity index (χ3v) is 3.47. The third-order valence-electron chi connectivity index (χ3n) is 3.47.